The van der Waals surface area contributed by atoms with E-state index in [1.807, 2.05) is 19.3 Å². The first-order valence-electron chi connectivity index (χ1n) is 7.42. The van der Waals surface area contributed by atoms with E-state index in [2.05, 4.69) is 65.8 Å². The summed E-state index contributed by atoms with van der Waals surface area (Å²) < 4.78 is 0. The van der Waals surface area contributed by atoms with Crippen molar-refractivity contribution in [2.45, 2.75) is 19.4 Å². The smallest absolute Gasteiger partial charge is 0.0702 e. The van der Waals surface area contributed by atoms with Crippen molar-refractivity contribution in [1.82, 2.24) is 10.3 Å². The topological polar surface area (TPSA) is 24.9 Å². The summed E-state index contributed by atoms with van der Waals surface area (Å²) in [6.07, 6.45) is 2.90. The van der Waals surface area contributed by atoms with Gasteiger partial charge in [0.05, 0.1) is 11.6 Å². The molecule has 0 aliphatic rings. The van der Waals surface area contributed by atoms with Crippen LogP contribution in [0.15, 0.2) is 60.8 Å². The number of aryl methyl sites for hydroxylation is 1. The Kier molecular flexibility index (Phi) is 3.98. The number of fused-ring (bicyclic) bond motifs is 1. The van der Waals surface area contributed by atoms with Crippen LogP contribution in [0.2, 0.25) is 0 Å². The van der Waals surface area contributed by atoms with Gasteiger partial charge in [0.15, 0.2) is 0 Å². The molecule has 0 fully saturated rings. The van der Waals surface area contributed by atoms with Crippen LogP contribution in [0.4, 0.5) is 0 Å². The van der Waals surface area contributed by atoms with Crippen LogP contribution in [-0.2, 0) is 6.42 Å². The van der Waals surface area contributed by atoms with Crippen LogP contribution in [-0.4, -0.2) is 12.0 Å². The zero-order valence-corrected chi connectivity index (χ0v) is 12.5. The summed E-state index contributed by atoms with van der Waals surface area (Å²) >= 11 is 0. The molecule has 0 bridgehead atoms. The van der Waals surface area contributed by atoms with Gasteiger partial charge in [-0.25, -0.2) is 0 Å². The Morgan fingerprint density at radius 3 is 2.67 bits per heavy atom. The molecule has 0 saturated heterocycles. The van der Waals surface area contributed by atoms with Gasteiger partial charge in [-0.05, 0) is 48.4 Å². The molecule has 21 heavy (non-hydrogen) atoms. The molecule has 0 saturated carbocycles. The summed E-state index contributed by atoms with van der Waals surface area (Å²) in [7, 11) is 2.01. The molecule has 2 heteroatoms. The molecule has 0 spiro atoms. The molecule has 0 amide bonds. The third kappa shape index (κ3) is 2.81. The molecule has 0 radical (unpaired) electrons. The molecule has 3 aromatic rings. The normalized spacial score (nSPS) is 12.5. The average Bonchev–Trinajstić information content (AvgIpc) is 2.56. The highest BCUT2D eigenvalue weighted by atomic mass is 14.9. The second-order valence-corrected chi connectivity index (χ2v) is 5.28. The third-order valence-corrected chi connectivity index (χ3v) is 3.94. The van der Waals surface area contributed by atoms with Crippen LogP contribution in [0.1, 0.15) is 29.7 Å². The van der Waals surface area contributed by atoms with Gasteiger partial charge in [0, 0.05) is 11.6 Å². The van der Waals surface area contributed by atoms with Gasteiger partial charge in [-0.2, -0.15) is 0 Å². The molecule has 0 aliphatic heterocycles. The van der Waals surface area contributed by atoms with E-state index in [-0.39, 0.29) is 6.04 Å². The number of benzene rings is 2. The van der Waals surface area contributed by atoms with Gasteiger partial charge in [-0.15, -0.1) is 0 Å². The van der Waals surface area contributed by atoms with E-state index in [4.69, 9.17) is 0 Å². The quantitative estimate of drug-likeness (QED) is 0.776. The second kappa shape index (κ2) is 6.06. The van der Waals surface area contributed by atoms with Crippen molar-refractivity contribution in [3.05, 3.63) is 77.5 Å². The molecule has 1 unspecified atom stereocenters. The lowest BCUT2D eigenvalue weighted by molar-refractivity contribution is 0.691. The highest BCUT2D eigenvalue weighted by molar-refractivity contribution is 5.79. The highest BCUT2D eigenvalue weighted by Gasteiger charge is 2.12. The average molecular weight is 276 g/mol. The van der Waals surface area contributed by atoms with Crippen molar-refractivity contribution in [1.29, 1.82) is 0 Å². The van der Waals surface area contributed by atoms with Gasteiger partial charge < -0.3 is 5.32 Å². The van der Waals surface area contributed by atoms with Crippen LogP contribution < -0.4 is 5.32 Å². The maximum absolute atomic E-state index is 4.39. The molecule has 1 aromatic heterocycles. The van der Waals surface area contributed by atoms with Crippen molar-refractivity contribution in [2.24, 2.45) is 0 Å². The molecule has 2 aromatic carbocycles. The van der Waals surface area contributed by atoms with E-state index in [9.17, 15) is 0 Å². The third-order valence-electron chi connectivity index (χ3n) is 3.94. The standard InChI is InChI=1S/C19H20N2/c1-3-14-6-4-7-16(12-14)19(20-2)17-9-10-18-15(13-17)8-5-11-21-18/h4-13,19-20H,3H2,1-2H3. The minimum Gasteiger partial charge on any atom is -0.309 e. The number of aromatic nitrogens is 1. The number of nitrogens with zero attached hydrogens (tertiary/aromatic N) is 1. The van der Waals surface area contributed by atoms with E-state index in [0.29, 0.717) is 0 Å². The monoisotopic (exact) mass is 276 g/mol. The van der Waals surface area contributed by atoms with E-state index in [1.165, 1.54) is 22.1 Å². The van der Waals surface area contributed by atoms with Crippen LogP contribution in [0.3, 0.4) is 0 Å². The Hall–Kier alpha value is -2.19. The summed E-state index contributed by atoms with van der Waals surface area (Å²) in [5.74, 6) is 0. The zero-order valence-electron chi connectivity index (χ0n) is 12.5. The van der Waals surface area contributed by atoms with E-state index in [1.54, 1.807) is 0 Å². The van der Waals surface area contributed by atoms with Gasteiger partial charge in [-0.3, -0.25) is 4.98 Å². The van der Waals surface area contributed by atoms with Crippen LogP contribution in [0.25, 0.3) is 10.9 Å². The second-order valence-electron chi connectivity index (χ2n) is 5.28. The molecule has 0 aliphatic carbocycles. The SMILES string of the molecule is CCc1cccc(C(NC)c2ccc3ncccc3c2)c1. The first-order chi connectivity index (χ1) is 10.3. The zero-order chi connectivity index (χ0) is 14.7. The lowest BCUT2D eigenvalue weighted by atomic mass is 9.95. The fraction of sp³-hybridized carbons (Fsp3) is 0.211. The molecule has 1 N–H and O–H groups in total. The Morgan fingerprint density at radius 2 is 1.86 bits per heavy atom. The van der Waals surface area contributed by atoms with E-state index in [0.717, 1.165) is 11.9 Å². The number of pyridine rings is 1. The molecule has 1 atom stereocenters. The van der Waals surface area contributed by atoms with Gasteiger partial charge in [0.2, 0.25) is 0 Å². The maximum Gasteiger partial charge on any atom is 0.0702 e. The molecular weight excluding hydrogens is 256 g/mol. The number of hydrogen-bond acceptors (Lipinski definition) is 2. The first kappa shape index (κ1) is 13.8. The lowest BCUT2D eigenvalue weighted by Gasteiger charge is -2.18. The van der Waals surface area contributed by atoms with E-state index >= 15 is 0 Å². The van der Waals surface area contributed by atoms with E-state index < -0.39 is 0 Å². The van der Waals surface area contributed by atoms with Crippen LogP contribution in [0, 0.1) is 0 Å². The molecule has 1 heterocycles. The molecular formula is C19H20N2. The fourth-order valence-corrected chi connectivity index (χ4v) is 2.79. The first-order valence-corrected chi connectivity index (χ1v) is 7.42. The Morgan fingerprint density at radius 1 is 1.00 bits per heavy atom. The molecule has 106 valence electrons. The predicted octanol–water partition coefficient (Wildman–Crippen LogP) is 4.11. The van der Waals surface area contributed by atoms with Crippen molar-refractivity contribution >= 4 is 10.9 Å². The largest absolute Gasteiger partial charge is 0.309 e. The number of rotatable bonds is 4. The van der Waals surface area contributed by atoms with Gasteiger partial charge in [0.1, 0.15) is 0 Å². The maximum atomic E-state index is 4.39. The van der Waals surface area contributed by atoms with Crippen molar-refractivity contribution in [3.63, 3.8) is 0 Å². The summed E-state index contributed by atoms with van der Waals surface area (Å²) in [5, 5.41) is 4.61. The van der Waals surface area contributed by atoms with Crippen molar-refractivity contribution < 1.29 is 0 Å². The van der Waals surface area contributed by atoms with Crippen molar-refractivity contribution in [2.75, 3.05) is 7.05 Å². The summed E-state index contributed by atoms with van der Waals surface area (Å²) in [6, 6.07) is 19.6. The van der Waals surface area contributed by atoms with Gasteiger partial charge >= 0.3 is 0 Å². The minimum absolute atomic E-state index is 0.209. The summed E-state index contributed by atoms with van der Waals surface area (Å²) in [6.45, 7) is 2.19. The lowest BCUT2D eigenvalue weighted by Crippen LogP contribution is -2.17. The predicted molar refractivity (Wildman–Crippen MR) is 88.5 cm³/mol. The molecule has 2 nitrogen and oxygen atoms in total. The van der Waals surface area contributed by atoms with Crippen LogP contribution >= 0.6 is 0 Å². The highest BCUT2D eigenvalue weighted by Crippen LogP contribution is 2.25. The Balaban J connectivity index is 2.04. The number of hydrogen-bond donors (Lipinski definition) is 1. The summed E-state index contributed by atoms with van der Waals surface area (Å²) in [4.78, 5) is 4.39. The van der Waals surface area contributed by atoms with Crippen LogP contribution in [0.5, 0.6) is 0 Å². The Labute approximate surface area is 125 Å². The number of nitrogens with one attached hydrogen (secondary N) is 1. The minimum atomic E-state index is 0.209. The van der Waals surface area contributed by atoms with Crippen molar-refractivity contribution in [3.8, 4) is 0 Å². The fourth-order valence-electron chi connectivity index (χ4n) is 2.79. The Bertz CT molecular complexity index is 749. The van der Waals surface area contributed by atoms with Gasteiger partial charge in [0.25, 0.3) is 0 Å². The molecule has 3 rings (SSSR count). The van der Waals surface area contributed by atoms with Gasteiger partial charge in [-0.1, -0.05) is 43.3 Å². The summed E-state index contributed by atoms with van der Waals surface area (Å²) in [5.41, 5.74) is 4.99.